The van der Waals surface area contributed by atoms with Gasteiger partial charge in [-0.2, -0.15) is 4.73 Å². The Balaban J connectivity index is 0.000000235. The smallest absolute Gasteiger partial charge is 0.407 e. The summed E-state index contributed by atoms with van der Waals surface area (Å²) in [5, 5.41) is 36.2. The highest BCUT2D eigenvalue weighted by atomic mass is 32.1. The molecule has 9 rings (SSSR count). The Bertz CT molecular complexity index is 3420. The maximum atomic E-state index is 13.9. The molecule has 5 amide bonds. The fraction of sp³-hybridized carbons (Fsp3) is 0.339. The molecule has 83 heavy (non-hydrogen) atoms. The molecule has 0 saturated heterocycles. The SMILES string of the molecule is CC(C)c1nc(CN(C)C(=O)N[C@H](C(=O)N[C@@H](Cc2ccccc2)C[C@H](O)[C@H](Cc2ccccc2)NC(=O)OCc2cncs2)C(C)C)cs1.CCN1c2ncc(CCOc3cc[n+]([O-])c4ccccc34)cc2C(=O)N(C)c2cccnc21. The van der Waals surface area contributed by atoms with E-state index in [1.807, 2.05) is 128 Å². The molecule has 5 aromatic heterocycles. The number of carbonyl (C=O) groups excluding carboxylic acids is 4. The summed E-state index contributed by atoms with van der Waals surface area (Å²) < 4.78 is 12.2. The predicted octanol–water partition coefficient (Wildman–Crippen LogP) is 9.54. The van der Waals surface area contributed by atoms with Gasteiger partial charge in [-0.15, -0.1) is 22.7 Å². The molecule has 0 spiro atoms. The zero-order chi connectivity index (χ0) is 59.0. The second-order valence-corrected chi connectivity index (χ2v) is 22.7. The molecule has 6 heterocycles. The lowest BCUT2D eigenvalue weighted by Gasteiger charge is -2.30. The van der Waals surface area contributed by atoms with Crippen LogP contribution in [0.2, 0.25) is 0 Å². The first-order valence-corrected chi connectivity index (χ1v) is 29.4. The van der Waals surface area contributed by atoms with E-state index in [-0.39, 0.29) is 36.8 Å². The minimum Gasteiger partial charge on any atom is -0.618 e. The Kier molecular flexibility index (Phi) is 21.1. The molecule has 0 saturated carbocycles. The number of amides is 5. The number of carbonyl (C=O) groups is 4. The Morgan fingerprint density at radius 3 is 2.25 bits per heavy atom. The van der Waals surface area contributed by atoms with Crippen LogP contribution >= 0.6 is 22.7 Å². The van der Waals surface area contributed by atoms with Crippen LogP contribution in [0.1, 0.15) is 89.6 Å². The van der Waals surface area contributed by atoms with Crippen LogP contribution in [-0.4, -0.2) is 105 Å². The first-order valence-electron chi connectivity index (χ1n) is 27.6. The van der Waals surface area contributed by atoms with Crippen molar-refractivity contribution in [1.29, 1.82) is 0 Å². The number of pyridine rings is 3. The summed E-state index contributed by atoms with van der Waals surface area (Å²) in [6.45, 7) is 11.3. The van der Waals surface area contributed by atoms with Crippen LogP contribution in [0.15, 0.2) is 145 Å². The summed E-state index contributed by atoms with van der Waals surface area (Å²) in [5.74, 6) is 1.56. The largest absolute Gasteiger partial charge is 0.618 e. The molecule has 3 aromatic carbocycles. The van der Waals surface area contributed by atoms with Crippen molar-refractivity contribution in [3.63, 3.8) is 0 Å². The van der Waals surface area contributed by atoms with Gasteiger partial charge in [0.2, 0.25) is 11.4 Å². The lowest BCUT2D eigenvalue weighted by molar-refractivity contribution is -0.577. The number of para-hydroxylation sites is 1. The maximum Gasteiger partial charge on any atom is 0.407 e. The molecular weight excluding hydrogens is 1090 g/mol. The van der Waals surface area contributed by atoms with Gasteiger partial charge in [-0.1, -0.05) is 100 Å². The molecule has 21 heteroatoms. The molecule has 1 aliphatic heterocycles. The number of nitrogens with zero attached hydrogens (tertiary/aromatic N) is 8. The van der Waals surface area contributed by atoms with Crippen LogP contribution in [0.25, 0.3) is 10.9 Å². The van der Waals surface area contributed by atoms with Gasteiger partial charge in [0, 0.05) is 75.1 Å². The first kappa shape index (κ1) is 60.6. The number of thiazole rings is 2. The van der Waals surface area contributed by atoms with E-state index in [0.717, 1.165) is 48.1 Å². The highest BCUT2D eigenvalue weighted by Gasteiger charge is 2.33. The Morgan fingerprint density at radius 1 is 0.843 bits per heavy atom. The number of ether oxygens (including phenoxy) is 2. The zero-order valence-corrected chi connectivity index (χ0v) is 49.3. The van der Waals surface area contributed by atoms with Crippen molar-refractivity contribution in [2.45, 2.75) is 104 Å². The molecule has 1 aliphatic rings. The summed E-state index contributed by atoms with van der Waals surface area (Å²) in [7, 11) is 3.43. The van der Waals surface area contributed by atoms with Crippen LogP contribution < -0.4 is 35.2 Å². The van der Waals surface area contributed by atoms with Gasteiger partial charge in [0.15, 0.2) is 12.0 Å². The molecule has 8 aromatic rings. The fourth-order valence-corrected chi connectivity index (χ4v) is 10.9. The molecule has 0 unspecified atom stereocenters. The van der Waals surface area contributed by atoms with E-state index < -0.39 is 30.3 Å². The topological polar surface area (TPSA) is 231 Å². The third-order valence-electron chi connectivity index (χ3n) is 14.0. The number of hydrogen-bond donors (Lipinski definition) is 4. The summed E-state index contributed by atoms with van der Waals surface area (Å²) in [4.78, 5) is 77.0. The van der Waals surface area contributed by atoms with Gasteiger partial charge in [0.05, 0.1) is 63.0 Å². The van der Waals surface area contributed by atoms with Gasteiger partial charge < -0.3 is 50.4 Å². The summed E-state index contributed by atoms with van der Waals surface area (Å²) in [6, 6.07) is 31.4. The summed E-state index contributed by atoms with van der Waals surface area (Å²) in [5.41, 5.74) is 7.09. The van der Waals surface area contributed by atoms with Crippen molar-refractivity contribution >= 4 is 74.8 Å². The Labute approximate surface area is 492 Å². The number of aliphatic hydroxyl groups is 1. The van der Waals surface area contributed by atoms with E-state index in [0.29, 0.717) is 73.3 Å². The lowest BCUT2D eigenvalue weighted by Crippen LogP contribution is -2.55. The summed E-state index contributed by atoms with van der Waals surface area (Å²) >= 11 is 2.95. The number of anilines is 3. The molecule has 434 valence electrons. The number of aromatic nitrogens is 5. The minimum absolute atomic E-state index is 0.0671. The van der Waals surface area contributed by atoms with Crippen molar-refractivity contribution < 1.29 is 38.5 Å². The van der Waals surface area contributed by atoms with Gasteiger partial charge >= 0.3 is 12.1 Å². The van der Waals surface area contributed by atoms with Crippen LogP contribution in [0.3, 0.4) is 0 Å². The fourth-order valence-electron chi connectivity index (χ4n) is 9.53. The normalized spacial score (nSPS) is 13.4. The summed E-state index contributed by atoms with van der Waals surface area (Å²) in [6.07, 6.45) is 6.35. The molecule has 0 fully saturated rings. The number of alkyl carbamates (subject to hydrolysis) is 1. The van der Waals surface area contributed by atoms with E-state index in [1.54, 1.807) is 66.6 Å². The van der Waals surface area contributed by atoms with Gasteiger partial charge in [0.25, 0.3) is 5.91 Å². The Morgan fingerprint density at radius 2 is 1.57 bits per heavy atom. The highest BCUT2D eigenvalue weighted by Crippen LogP contribution is 2.37. The average Bonchev–Trinajstić information content (AvgIpc) is 4.43. The van der Waals surface area contributed by atoms with E-state index in [2.05, 4.69) is 49.7 Å². The second-order valence-electron chi connectivity index (χ2n) is 20.8. The van der Waals surface area contributed by atoms with Gasteiger partial charge in [-0.3, -0.25) is 14.6 Å². The number of rotatable bonds is 22. The van der Waals surface area contributed by atoms with Crippen molar-refractivity contribution in [3.05, 3.63) is 188 Å². The second kappa shape index (κ2) is 28.9. The van der Waals surface area contributed by atoms with E-state index in [1.165, 1.54) is 22.4 Å². The number of benzene rings is 3. The number of aliphatic hydroxyl groups excluding tert-OH is 1. The standard InChI is InChI=1S/C37H48N6O5S2.C25H23N5O3/c1-24(2)33(42-36(46)43(5)20-29-22-49-35(40-29)25(3)4)34(45)39-28(16-26-12-8-6-9-13-26)18-32(44)31(17-27-14-10-7-11-15-27)41-37(47)48-21-30-19-38-23-50-30;1-3-29-23-19(25(31)28(2)21-9-6-12-26-24(21)29)15-17(16-27-23)11-14-33-22-10-13-30(32)20-8-5-4-7-18(20)22/h6-15,19,22-25,28,31-33,44H,16-18,20-21H2,1-5H3,(H,39,45)(H,41,47)(H,42,46);4-10,12-13,15-16H,3,11,14H2,1-2H3/t28-,31-,32-,33-;/m0./s1. The van der Waals surface area contributed by atoms with Gasteiger partial charge in [-0.05, 0) is 73.1 Å². The highest BCUT2D eigenvalue weighted by molar-refractivity contribution is 7.09. The number of fused-ring (bicyclic) bond motifs is 3. The van der Waals surface area contributed by atoms with Gasteiger partial charge in [0.1, 0.15) is 24.2 Å². The molecule has 0 bridgehead atoms. The molecule has 4 atom stereocenters. The van der Waals surface area contributed by atoms with Crippen LogP contribution in [0.5, 0.6) is 5.75 Å². The number of hydrogen-bond acceptors (Lipinski definition) is 15. The number of nitrogens with one attached hydrogen (secondary N) is 3. The van der Waals surface area contributed by atoms with E-state index >= 15 is 0 Å². The third kappa shape index (κ3) is 16.1. The average molecular weight is 1160 g/mol. The molecule has 19 nitrogen and oxygen atoms in total. The predicted molar refractivity (Wildman–Crippen MR) is 323 cm³/mol. The Hall–Kier alpha value is -8.53. The zero-order valence-electron chi connectivity index (χ0n) is 47.7. The quantitative estimate of drug-likeness (QED) is 0.0366. The molecule has 0 radical (unpaired) electrons. The first-order chi connectivity index (χ1) is 40.1. The third-order valence-corrected chi connectivity index (χ3v) is 15.9. The molecular formula is C62H71N11O8S2. The monoisotopic (exact) mass is 1160 g/mol. The minimum atomic E-state index is -1.05. The molecule has 0 aliphatic carbocycles. The number of urea groups is 1. The molecule has 4 N–H and O–H groups in total. The lowest BCUT2D eigenvalue weighted by atomic mass is 9.93. The van der Waals surface area contributed by atoms with Crippen molar-refractivity contribution in [1.82, 2.24) is 40.8 Å². The van der Waals surface area contributed by atoms with Crippen LogP contribution in [-0.2, 0) is 41.9 Å². The van der Waals surface area contributed by atoms with Crippen molar-refractivity contribution in [2.75, 3.05) is 37.0 Å². The van der Waals surface area contributed by atoms with Crippen LogP contribution in [0, 0.1) is 11.1 Å². The van der Waals surface area contributed by atoms with Gasteiger partial charge in [-0.25, -0.2) is 24.5 Å². The van der Waals surface area contributed by atoms with E-state index in [9.17, 15) is 29.5 Å². The van der Waals surface area contributed by atoms with E-state index in [4.69, 9.17) is 9.47 Å². The van der Waals surface area contributed by atoms with Crippen molar-refractivity contribution in [2.24, 2.45) is 5.92 Å². The van der Waals surface area contributed by atoms with Crippen molar-refractivity contribution in [3.8, 4) is 5.75 Å². The maximum absolute atomic E-state index is 13.9. The van der Waals surface area contributed by atoms with Crippen LogP contribution in [0.4, 0.5) is 26.9 Å².